The smallest absolute Gasteiger partial charge is 0.327 e. The molecule has 0 spiro atoms. The number of hydrogen-bond donors (Lipinski definition) is 1. The van der Waals surface area contributed by atoms with Gasteiger partial charge in [-0.05, 0) is 31.8 Å². The first-order chi connectivity index (χ1) is 21.3. The number of nitrogens with zero attached hydrogens (tertiary/aromatic N) is 2. The summed E-state index contributed by atoms with van der Waals surface area (Å²) in [7, 11) is 0. The Bertz CT molecular complexity index is 630. The monoisotopic (exact) mass is 605 g/mol. The average Bonchev–Trinajstić information content (AvgIpc) is 3.41. The first-order valence-electron chi connectivity index (χ1n) is 20.0. The summed E-state index contributed by atoms with van der Waals surface area (Å²) in [6.45, 7) is 10.4. The number of allylic oxidation sites excluding steroid dienone is 1. The Balaban J connectivity index is 1.99. The average molecular weight is 605 g/mol. The molecular weight excluding hydrogens is 524 g/mol. The number of hydrogen-bond acceptors (Lipinski definition) is 1. The van der Waals surface area contributed by atoms with Crippen LogP contribution in [0.5, 0.6) is 0 Å². The van der Waals surface area contributed by atoms with Gasteiger partial charge in [-0.2, -0.15) is 4.58 Å². The van der Waals surface area contributed by atoms with E-state index in [4.69, 9.17) is 0 Å². The van der Waals surface area contributed by atoms with Gasteiger partial charge in [0.25, 0.3) is 0 Å². The van der Waals surface area contributed by atoms with Crippen LogP contribution >= 0.6 is 0 Å². The molecule has 0 amide bonds. The maximum absolute atomic E-state index is 9.76. The van der Waals surface area contributed by atoms with E-state index in [1.165, 1.54) is 199 Å². The van der Waals surface area contributed by atoms with Crippen LogP contribution < -0.4 is 0 Å². The van der Waals surface area contributed by atoms with Gasteiger partial charge >= 0.3 is 6.34 Å². The minimum absolute atomic E-state index is 0.304. The molecule has 0 aliphatic carbocycles. The van der Waals surface area contributed by atoms with E-state index in [1.54, 1.807) is 0 Å². The minimum Gasteiger partial charge on any atom is -0.390 e. The number of unbranched alkanes of at least 4 members (excludes halogenated alkanes) is 27. The van der Waals surface area contributed by atoms with Crippen LogP contribution in [0.25, 0.3) is 0 Å². The first kappa shape index (κ1) is 40.4. The Kier molecular flexibility index (Phi) is 29.4. The van der Waals surface area contributed by atoms with Crippen LogP contribution in [0.15, 0.2) is 12.2 Å². The maximum Gasteiger partial charge on any atom is 0.327 e. The highest BCUT2D eigenvalue weighted by Gasteiger charge is 2.36. The van der Waals surface area contributed by atoms with Crippen molar-refractivity contribution in [3.8, 4) is 0 Å². The zero-order chi connectivity index (χ0) is 30.9. The second-order valence-corrected chi connectivity index (χ2v) is 14.2. The molecule has 0 saturated heterocycles. The molecular formula is C40H80N2O+2. The van der Waals surface area contributed by atoms with Gasteiger partial charge in [0.05, 0.1) is 13.2 Å². The lowest BCUT2D eigenvalue weighted by Gasteiger charge is -2.26. The summed E-state index contributed by atoms with van der Waals surface area (Å²) in [4.78, 5) is 0. The zero-order valence-corrected chi connectivity index (χ0v) is 29.8. The van der Waals surface area contributed by atoms with Crippen molar-refractivity contribution in [3.63, 3.8) is 0 Å². The summed E-state index contributed by atoms with van der Waals surface area (Å²) < 4.78 is 3.50. The topological polar surface area (TPSA) is 23.2 Å². The van der Waals surface area contributed by atoms with Gasteiger partial charge in [0.15, 0.2) is 13.1 Å². The highest BCUT2D eigenvalue weighted by molar-refractivity contribution is 5.41. The number of aliphatic hydroxyl groups is 1. The summed E-state index contributed by atoms with van der Waals surface area (Å²) in [6.07, 6.45) is 48.4. The van der Waals surface area contributed by atoms with E-state index < -0.39 is 0 Å². The molecule has 1 heterocycles. The van der Waals surface area contributed by atoms with Crippen LogP contribution in [0.2, 0.25) is 0 Å². The van der Waals surface area contributed by atoms with E-state index in [0.29, 0.717) is 6.61 Å². The van der Waals surface area contributed by atoms with Crippen LogP contribution in [0.1, 0.15) is 200 Å². The predicted molar refractivity (Wildman–Crippen MR) is 192 cm³/mol. The van der Waals surface area contributed by atoms with Gasteiger partial charge in [-0.1, -0.05) is 180 Å². The van der Waals surface area contributed by atoms with Gasteiger partial charge in [-0.3, -0.25) is 0 Å². The molecule has 0 saturated carbocycles. The SMILES string of the molecule is CCCCCCCCCCCCCCC=CC[N+]1=C[N+](CCO)(CCCCCCCCCCCCCCCCCC)CC1. The zero-order valence-electron chi connectivity index (χ0n) is 29.8. The summed E-state index contributed by atoms with van der Waals surface area (Å²) >= 11 is 0. The van der Waals surface area contributed by atoms with Gasteiger partial charge in [0.1, 0.15) is 13.1 Å². The lowest BCUT2D eigenvalue weighted by Crippen LogP contribution is -2.48. The van der Waals surface area contributed by atoms with Crippen LogP contribution in [-0.2, 0) is 0 Å². The van der Waals surface area contributed by atoms with Crippen LogP contribution in [0.4, 0.5) is 0 Å². The van der Waals surface area contributed by atoms with E-state index in [-0.39, 0.29) is 0 Å². The second-order valence-electron chi connectivity index (χ2n) is 14.2. The largest absolute Gasteiger partial charge is 0.390 e. The normalized spacial score (nSPS) is 17.0. The van der Waals surface area contributed by atoms with Gasteiger partial charge in [-0.15, -0.1) is 0 Å². The number of rotatable bonds is 34. The summed E-state index contributed by atoms with van der Waals surface area (Å²) in [5.41, 5.74) is 0. The Morgan fingerprint density at radius 1 is 0.512 bits per heavy atom. The van der Waals surface area contributed by atoms with Crippen molar-refractivity contribution in [2.75, 3.05) is 39.3 Å². The van der Waals surface area contributed by atoms with Crippen molar-refractivity contribution in [3.05, 3.63) is 12.2 Å². The molecule has 0 aromatic rings. The number of aliphatic hydroxyl groups excluding tert-OH is 1. The third-order valence-corrected chi connectivity index (χ3v) is 9.97. The lowest BCUT2D eigenvalue weighted by molar-refractivity contribution is -0.831. The quantitative estimate of drug-likeness (QED) is 0.0336. The van der Waals surface area contributed by atoms with Crippen molar-refractivity contribution < 1.29 is 14.2 Å². The Morgan fingerprint density at radius 2 is 0.907 bits per heavy atom. The molecule has 0 aromatic heterocycles. The fourth-order valence-electron chi connectivity index (χ4n) is 6.98. The lowest BCUT2D eigenvalue weighted by atomic mass is 10.0. The maximum atomic E-state index is 9.76. The molecule has 3 nitrogen and oxygen atoms in total. The van der Waals surface area contributed by atoms with Gasteiger partial charge in [-0.25, -0.2) is 4.48 Å². The Labute approximate surface area is 271 Å². The van der Waals surface area contributed by atoms with Crippen LogP contribution in [0, 0.1) is 0 Å². The van der Waals surface area contributed by atoms with Crippen molar-refractivity contribution in [1.82, 2.24) is 0 Å². The molecule has 43 heavy (non-hydrogen) atoms. The first-order valence-corrected chi connectivity index (χ1v) is 20.0. The highest BCUT2D eigenvalue weighted by atomic mass is 16.3. The number of quaternary nitrogens is 1. The summed E-state index contributed by atoms with van der Waals surface area (Å²) in [5, 5.41) is 9.76. The predicted octanol–water partition coefficient (Wildman–Crippen LogP) is 11.8. The summed E-state index contributed by atoms with van der Waals surface area (Å²) in [6, 6.07) is 0. The van der Waals surface area contributed by atoms with Crippen molar-refractivity contribution in [1.29, 1.82) is 0 Å². The van der Waals surface area contributed by atoms with E-state index >= 15 is 0 Å². The molecule has 1 aliphatic rings. The van der Waals surface area contributed by atoms with Gasteiger partial charge in [0, 0.05) is 0 Å². The fourth-order valence-corrected chi connectivity index (χ4v) is 6.98. The van der Waals surface area contributed by atoms with E-state index in [0.717, 1.165) is 24.1 Å². The molecule has 1 aliphatic heterocycles. The molecule has 1 rings (SSSR count). The van der Waals surface area contributed by atoms with Crippen molar-refractivity contribution in [2.24, 2.45) is 0 Å². The molecule has 254 valence electrons. The molecule has 0 bridgehead atoms. The highest BCUT2D eigenvalue weighted by Crippen LogP contribution is 2.16. The molecule has 1 unspecified atom stereocenters. The molecule has 0 aromatic carbocycles. The molecule has 1 atom stereocenters. The Morgan fingerprint density at radius 3 is 1.33 bits per heavy atom. The minimum atomic E-state index is 0.304. The molecule has 1 N–H and O–H groups in total. The fraction of sp³-hybridized carbons (Fsp3) is 0.925. The third kappa shape index (κ3) is 25.2. The van der Waals surface area contributed by atoms with Gasteiger partial charge in [0.2, 0.25) is 0 Å². The standard InChI is InChI=1S/C40H80N2O/c1-3-5-7-9-11-13-15-17-19-21-23-25-27-29-31-33-36-42(38-39-43)37-35-41(40-42)34-32-30-28-26-24-22-20-18-16-14-12-10-8-6-4-2/h30,32,40,43H,3-29,31,33-39H2,1-2H3/q+2. The second kappa shape index (κ2) is 31.3. The van der Waals surface area contributed by atoms with Crippen molar-refractivity contribution in [2.45, 2.75) is 200 Å². The van der Waals surface area contributed by atoms with Gasteiger partial charge < -0.3 is 5.11 Å². The molecule has 0 radical (unpaired) electrons. The van der Waals surface area contributed by atoms with E-state index in [9.17, 15) is 5.11 Å². The van der Waals surface area contributed by atoms with Crippen LogP contribution in [-0.4, -0.2) is 59.8 Å². The van der Waals surface area contributed by atoms with Crippen molar-refractivity contribution >= 4 is 6.34 Å². The molecule has 0 fully saturated rings. The Hall–Kier alpha value is -0.670. The van der Waals surface area contributed by atoms with E-state index in [2.05, 4.69) is 36.9 Å². The van der Waals surface area contributed by atoms with Crippen LogP contribution in [0.3, 0.4) is 0 Å². The third-order valence-electron chi connectivity index (χ3n) is 9.97. The van der Waals surface area contributed by atoms with E-state index in [1.807, 2.05) is 0 Å². The summed E-state index contributed by atoms with van der Waals surface area (Å²) in [5.74, 6) is 0. The molecule has 3 heteroatoms.